The number of aromatic nitrogens is 3. The molecule has 0 aliphatic carbocycles. The molecule has 2 heterocycles. The van der Waals surface area contributed by atoms with Gasteiger partial charge < -0.3 is 5.32 Å². The van der Waals surface area contributed by atoms with Crippen LogP contribution in [0.15, 0.2) is 36.9 Å². The summed E-state index contributed by atoms with van der Waals surface area (Å²) in [6.45, 7) is 3.12. The van der Waals surface area contributed by atoms with Gasteiger partial charge in [-0.15, -0.1) is 0 Å². The van der Waals surface area contributed by atoms with Crippen LogP contribution in [0.2, 0.25) is 5.02 Å². The van der Waals surface area contributed by atoms with Gasteiger partial charge in [-0.1, -0.05) is 29.8 Å². The number of benzene rings is 1. The summed E-state index contributed by atoms with van der Waals surface area (Å²) < 4.78 is 1.86. The summed E-state index contributed by atoms with van der Waals surface area (Å²) in [5.74, 6) is 0.0568. The molecule has 0 radical (unpaired) electrons. The average molecular weight is 348 g/mol. The molecule has 0 saturated carbocycles. The number of nitrogens with zero attached hydrogens (tertiary/aromatic N) is 4. The molecule has 1 aliphatic rings. The molecule has 6 nitrogen and oxygen atoms in total. The fourth-order valence-electron chi connectivity index (χ4n) is 3.11. The summed E-state index contributed by atoms with van der Waals surface area (Å²) in [4.78, 5) is 18.5. The number of hydrogen-bond donors (Lipinski definition) is 1. The first-order valence-electron chi connectivity index (χ1n) is 8.29. The Balaban J connectivity index is 1.43. The van der Waals surface area contributed by atoms with E-state index in [1.165, 1.54) is 6.42 Å². The zero-order valence-electron chi connectivity index (χ0n) is 13.6. The summed E-state index contributed by atoms with van der Waals surface area (Å²) in [6.07, 6.45) is 6.11. The standard InChI is InChI=1S/C17H22ClN5O/c18-16-6-2-1-4-14(16)10-20-17(24)7-9-22-8-3-5-15(22)11-23-13-19-12-21-23/h1-2,4,6,12-13,15H,3,5,7-11H2,(H,20,24)/t15-/m0/s1. The summed E-state index contributed by atoms with van der Waals surface area (Å²) in [6, 6.07) is 8.00. The van der Waals surface area contributed by atoms with Crippen LogP contribution in [0, 0.1) is 0 Å². The van der Waals surface area contributed by atoms with Crippen LogP contribution in [0.1, 0.15) is 24.8 Å². The smallest absolute Gasteiger partial charge is 0.221 e. The predicted octanol–water partition coefficient (Wildman–Crippen LogP) is 2.10. The fraction of sp³-hybridized carbons (Fsp3) is 0.471. The number of rotatable bonds is 7. The van der Waals surface area contributed by atoms with E-state index in [1.54, 1.807) is 12.7 Å². The maximum Gasteiger partial charge on any atom is 0.221 e. The quantitative estimate of drug-likeness (QED) is 0.833. The largest absolute Gasteiger partial charge is 0.352 e. The summed E-state index contributed by atoms with van der Waals surface area (Å²) in [5.41, 5.74) is 0.942. The van der Waals surface area contributed by atoms with Crippen molar-refractivity contribution in [2.75, 3.05) is 13.1 Å². The van der Waals surface area contributed by atoms with Crippen LogP contribution in [-0.2, 0) is 17.9 Å². The van der Waals surface area contributed by atoms with E-state index < -0.39 is 0 Å². The topological polar surface area (TPSA) is 63.1 Å². The second-order valence-electron chi connectivity index (χ2n) is 6.07. The normalized spacial score (nSPS) is 18.0. The molecule has 7 heteroatoms. The minimum atomic E-state index is 0.0568. The van der Waals surface area contributed by atoms with Gasteiger partial charge in [0.05, 0.1) is 6.54 Å². The number of amides is 1. The summed E-state index contributed by atoms with van der Waals surface area (Å²) >= 11 is 6.10. The average Bonchev–Trinajstić information content (AvgIpc) is 3.24. The van der Waals surface area contributed by atoms with E-state index in [9.17, 15) is 4.79 Å². The molecule has 1 atom stereocenters. The Morgan fingerprint density at radius 1 is 1.38 bits per heavy atom. The predicted molar refractivity (Wildman–Crippen MR) is 92.5 cm³/mol. The Bertz CT molecular complexity index is 661. The van der Waals surface area contributed by atoms with Crippen molar-refractivity contribution in [2.24, 2.45) is 0 Å². The van der Waals surface area contributed by atoms with Crippen molar-refractivity contribution in [2.45, 2.75) is 38.4 Å². The Labute approximate surface area is 146 Å². The molecule has 128 valence electrons. The lowest BCUT2D eigenvalue weighted by molar-refractivity contribution is -0.121. The van der Waals surface area contributed by atoms with Crippen LogP contribution in [0.25, 0.3) is 0 Å². The molecule has 0 spiro atoms. The van der Waals surface area contributed by atoms with Crippen molar-refractivity contribution < 1.29 is 4.79 Å². The van der Waals surface area contributed by atoms with E-state index >= 15 is 0 Å². The molecule has 1 amide bonds. The Morgan fingerprint density at radius 2 is 2.25 bits per heavy atom. The van der Waals surface area contributed by atoms with Gasteiger partial charge in [0.2, 0.25) is 5.91 Å². The molecule has 1 aromatic heterocycles. The first-order chi connectivity index (χ1) is 11.7. The third-order valence-corrected chi connectivity index (χ3v) is 4.79. The lowest BCUT2D eigenvalue weighted by Gasteiger charge is -2.23. The molecule has 3 rings (SSSR count). The lowest BCUT2D eigenvalue weighted by atomic mass is 10.2. The van der Waals surface area contributed by atoms with E-state index in [1.807, 2.05) is 28.9 Å². The third kappa shape index (κ3) is 4.55. The highest BCUT2D eigenvalue weighted by Gasteiger charge is 2.25. The Morgan fingerprint density at radius 3 is 3.04 bits per heavy atom. The maximum atomic E-state index is 12.1. The van der Waals surface area contributed by atoms with Crippen molar-refractivity contribution in [3.8, 4) is 0 Å². The van der Waals surface area contributed by atoms with Crippen molar-refractivity contribution in [3.63, 3.8) is 0 Å². The maximum absolute atomic E-state index is 12.1. The van der Waals surface area contributed by atoms with Crippen LogP contribution in [0.3, 0.4) is 0 Å². The van der Waals surface area contributed by atoms with Crippen LogP contribution in [-0.4, -0.2) is 44.7 Å². The molecule has 1 N–H and O–H groups in total. The number of hydrogen-bond acceptors (Lipinski definition) is 4. The molecule has 24 heavy (non-hydrogen) atoms. The van der Waals surface area contributed by atoms with Crippen molar-refractivity contribution in [3.05, 3.63) is 47.5 Å². The number of nitrogens with one attached hydrogen (secondary N) is 1. The first kappa shape index (κ1) is 16.9. The zero-order chi connectivity index (χ0) is 16.8. The molecule has 0 unspecified atom stereocenters. The van der Waals surface area contributed by atoms with E-state index in [2.05, 4.69) is 20.3 Å². The van der Waals surface area contributed by atoms with E-state index in [0.29, 0.717) is 24.0 Å². The molecule has 1 saturated heterocycles. The highest BCUT2D eigenvalue weighted by molar-refractivity contribution is 6.31. The van der Waals surface area contributed by atoms with Crippen molar-refractivity contribution in [1.29, 1.82) is 0 Å². The number of halogens is 1. The van der Waals surface area contributed by atoms with E-state index in [0.717, 1.165) is 31.6 Å². The molecule has 1 aliphatic heterocycles. The fourth-order valence-corrected chi connectivity index (χ4v) is 3.31. The molecule has 0 bridgehead atoms. The molecule has 2 aromatic rings. The summed E-state index contributed by atoms with van der Waals surface area (Å²) in [5, 5.41) is 7.80. The minimum absolute atomic E-state index is 0.0568. The Kier molecular flexibility index (Phi) is 5.82. The zero-order valence-corrected chi connectivity index (χ0v) is 14.3. The number of carbonyl (C=O) groups is 1. The van der Waals surface area contributed by atoms with Gasteiger partial charge in [0.25, 0.3) is 0 Å². The number of likely N-dealkylation sites (tertiary alicyclic amines) is 1. The minimum Gasteiger partial charge on any atom is -0.352 e. The van der Waals surface area contributed by atoms with Gasteiger partial charge in [0.15, 0.2) is 0 Å². The highest BCUT2D eigenvalue weighted by Crippen LogP contribution is 2.19. The van der Waals surface area contributed by atoms with Crippen molar-refractivity contribution >= 4 is 17.5 Å². The van der Waals surface area contributed by atoms with Gasteiger partial charge in [-0.2, -0.15) is 5.10 Å². The van der Waals surface area contributed by atoms with Crippen LogP contribution in [0.5, 0.6) is 0 Å². The van der Waals surface area contributed by atoms with Crippen LogP contribution >= 0.6 is 11.6 Å². The second kappa shape index (κ2) is 8.26. The number of carbonyl (C=O) groups excluding carboxylic acids is 1. The van der Waals surface area contributed by atoms with E-state index in [4.69, 9.17) is 11.6 Å². The molecular weight excluding hydrogens is 326 g/mol. The molecular formula is C17H22ClN5O. The van der Waals surface area contributed by atoms with Gasteiger partial charge in [-0.05, 0) is 31.0 Å². The SMILES string of the molecule is O=C(CCN1CCC[C@H]1Cn1cncn1)NCc1ccccc1Cl. The third-order valence-electron chi connectivity index (χ3n) is 4.42. The highest BCUT2D eigenvalue weighted by atomic mass is 35.5. The Hall–Kier alpha value is -1.92. The lowest BCUT2D eigenvalue weighted by Crippen LogP contribution is -2.36. The van der Waals surface area contributed by atoms with Gasteiger partial charge in [0, 0.05) is 30.6 Å². The molecule has 1 aromatic carbocycles. The first-order valence-corrected chi connectivity index (χ1v) is 8.67. The van der Waals surface area contributed by atoms with Gasteiger partial charge >= 0.3 is 0 Å². The summed E-state index contributed by atoms with van der Waals surface area (Å²) in [7, 11) is 0. The van der Waals surface area contributed by atoms with Gasteiger partial charge in [-0.25, -0.2) is 4.98 Å². The van der Waals surface area contributed by atoms with E-state index in [-0.39, 0.29) is 5.91 Å². The van der Waals surface area contributed by atoms with Crippen molar-refractivity contribution in [1.82, 2.24) is 25.0 Å². The van der Waals surface area contributed by atoms with Crippen LogP contribution < -0.4 is 5.32 Å². The monoisotopic (exact) mass is 347 g/mol. The van der Waals surface area contributed by atoms with Gasteiger partial charge in [0.1, 0.15) is 12.7 Å². The van der Waals surface area contributed by atoms with Gasteiger partial charge in [-0.3, -0.25) is 14.4 Å². The molecule has 1 fully saturated rings. The second-order valence-corrected chi connectivity index (χ2v) is 6.47. The van der Waals surface area contributed by atoms with Crippen LogP contribution in [0.4, 0.5) is 0 Å².